The minimum absolute atomic E-state index is 0.352. The van der Waals surface area contributed by atoms with E-state index in [4.69, 9.17) is 4.74 Å². The molecule has 1 aromatic heterocycles. The summed E-state index contributed by atoms with van der Waals surface area (Å²) >= 11 is 7.15. The molecule has 6 heteroatoms. The molecule has 0 radical (unpaired) electrons. The lowest BCUT2D eigenvalue weighted by Gasteiger charge is -2.14. The molecule has 2 unspecified atom stereocenters. The van der Waals surface area contributed by atoms with Crippen molar-refractivity contribution >= 4 is 53.7 Å². The van der Waals surface area contributed by atoms with E-state index in [9.17, 15) is 5.11 Å². The fraction of sp³-hybridized carbons (Fsp3) is 0.400. The van der Waals surface area contributed by atoms with Crippen molar-refractivity contribution in [1.82, 2.24) is 4.57 Å². The molecular weight excluding hydrogens is 460 g/mol. The maximum atomic E-state index is 10.6. The van der Waals surface area contributed by atoms with Crippen molar-refractivity contribution in [3.05, 3.63) is 45.3 Å². The summed E-state index contributed by atoms with van der Waals surface area (Å²) in [5, 5.41) is 15.2. The highest BCUT2D eigenvalue weighted by atomic mass is 79.9. The monoisotopic (exact) mass is 481 g/mol. The van der Waals surface area contributed by atoms with Gasteiger partial charge in [-0.25, -0.2) is 0 Å². The second kappa shape index (κ2) is 7.98. The Morgan fingerprint density at radius 2 is 1.77 bits per heavy atom. The highest BCUT2D eigenvalue weighted by Gasteiger charge is 2.19. The summed E-state index contributed by atoms with van der Waals surface area (Å²) < 4.78 is 10.0. The third-order valence-electron chi connectivity index (χ3n) is 5.07. The van der Waals surface area contributed by atoms with E-state index in [0.717, 1.165) is 46.0 Å². The van der Waals surface area contributed by atoms with E-state index in [1.54, 1.807) is 0 Å². The predicted octanol–water partition coefficient (Wildman–Crippen LogP) is 3.42. The molecular formula is C20H23Br2N2O2+. The maximum absolute atomic E-state index is 10.6. The van der Waals surface area contributed by atoms with E-state index in [2.05, 4.69) is 78.1 Å². The van der Waals surface area contributed by atoms with Crippen LogP contribution in [0.4, 0.5) is 0 Å². The van der Waals surface area contributed by atoms with Crippen molar-refractivity contribution in [3.63, 3.8) is 0 Å². The molecule has 2 heterocycles. The van der Waals surface area contributed by atoms with Crippen molar-refractivity contribution in [2.45, 2.75) is 31.6 Å². The summed E-state index contributed by atoms with van der Waals surface area (Å²) in [4.78, 5) is 0. The van der Waals surface area contributed by atoms with E-state index in [1.807, 2.05) is 0 Å². The molecule has 138 valence electrons. The number of aliphatic hydroxyl groups excluding tert-OH is 1. The first kappa shape index (κ1) is 18.4. The molecule has 26 heavy (non-hydrogen) atoms. The van der Waals surface area contributed by atoms with Gasteiger partial charge < -0.3 is 19.7 Å². The number of nitrogens with two attached hydrogens (primary N) is 1. The van der Waals surface area contributed by atoms with E-state index >= 15 is 0 Å². The molecule has 3 N–H and O–H groups in total. The average Bonchev–Trinajstić information content (AvgIpc) is 3.22. The van der Waals surface area contributed by atoms with Gasteiger partial charge in [-0.2, -0.15) is 0 Å². The molecule has 3 aromatic rings. The Balaban J connectivity index is 1.56. The molecule has 2 atom stereocenters. The number of aromatic nitrogens is 1. The van der Waals surface area contributed by atoms with Crippen molar-refractivity contribution < 1.29 is 15.2 Å². The minimum atomic E-state index is -0.400. The van der Waals surface area contributed by atoms with Crippen molar-refractivity contribution in [1.29, 1.82) is 0 Å². The lowest BCUT2D eigenvalue weighted by Crippen LogP contribution is -2.88. The minimum Gasteiger partial charge on any atom is -0.385 e. The summed E-state index contributed by atoms with van der Waals surface area (Å²) in [5.41, 5.74) is 2.30. The highest BCUT2D eigenvalue weighted by molar-refractivity contribution is 9.10. The van der Waals surface area contributed by atoms with Gasteiger partial charge in [-0.3, -0.25) is 0 Å². The number of aliphatic hydroxyl groups is 1. The van der Waals surface area contributed by atoms with Crippen LogP contribution in [0.25, 0.3) is 21.8 Å². The topological polar surface area (TPSA) is 51.0 Å². The first-order valence-corrected chi connectivity index (χ1v) is 10.7. The van der Waals surface area contributed by atoms with Crippen LogP contribution in [-0.4, -0.2) is 41.6 Å². The van der Waals surface area contributed by atoms with Gasteiger partial charge in [0.1, 0.15) is 25.3 Å². The van der Waals surface area contributed by atoms with Gasteiger partial charge in [-0.15, -0.1) is 0 Å². The van der Waals surface area contributed by atoms with Crippen LogP contribution in [-0.2, 0) is 11.3 Å². The molecule has 1 saturated heterocycles. The summed E-state index contributed by atoms with van der Waals surface area (Å²) in [6.07, 6.45) is 2.25. The third kappa shape index (κ3) is 3.85. The number of halogens is 2. The van der Waals surface area contributed by atoms with Gasteiger partial charge in [0, 0.05) is 37.4 Å². The number of ether oxygens (including phenoxy) is 1. The van der Waals surface area contributed by atoms with Crippen molar-refractivity contribution in [3.8, 4) is 0 Å². The zero-order valence-corrected chi connectivity index (χ0v) is 17.7. The number of benzene rings is 2. The zero-order chi connectivity index (χ0) is 18.1. The second-order valence-electron chi connectivity index (χ2n) is 6.98. The molecule has 2 aromatic carbocycles. The number of fused-ring (bicyclic) bond motifs is 3. The Morgan fingerprint density at radius 3 is 2.35 bits per heavy atom. The fourth-order valence-electron chi connectivity index (χ4n) is 3.84. The predicted molar refractivity (Wildman–Crippen MR) is 111 cm³/mol. The molecule has 0 amide bonds. The molecule has 0 spiro atoms. The Hall–Kier alpha value is -0.920. The SMILES string of the molecule is OC(C[NH2+]CC1CCCO1)Cn1c2ccc(Br)cc2c2cc(Br)ccc21. The molecule has 4 nitrogen and oxygen atoms in total. The van der Waals surface area contributed by atoms with Crippen LogP contribution in [0.15, 0.2) is 45.3 Å². The van der Waals surface area contributed by atoms with Gasteiger partial charge >= 0.3 is 0 Å². The van der Waals surface area contributed by atoms with Crippen LogP contribution < -0.4 is 5.32 Å². The van der Waals surface area contributed by atoms with Gasteiger partial charge in [0.15, 0.2) is 0 Å². The first-order chi connectivity index (χ1) is 12.6. The summed E-state index contributed by atoms with van der Waals surface area (Å²) in [5.74, 6) is 0. The standard InChI is InChI=1S/C20H22Br2N2O2/c21-13-3-5-19-17(8-13)18-9-14(22)4-6-20(18)24(19)12-15(25)10-23-11-16-2-1-7-26-16/h3-6,8-9,15-16,23,25H,1-2,7,10-12H2/p+1. The third-order valence-corrected chi connectivity index (χ3v) is 6.06. The Bertz CT molecular complexity index is 860. The number of hydrogen-bond donors (Lipinski definition) is 2. The Kier molecular flexibility index (Phi) is 5.66. The molecule has 0 saturated carbocycles. The van der Waals surface area contributed by atoms with E-state index in [-0.39, 0.29) is 0 Å². The molecule has 0 bridgehead atoms. The van der Waals surface area contributed by atoms with Crippen LogP contribution >= 0.6 is 31.9 Å². The summed E-state index contributed by atoms with van der Waals surface area (Å²) in [7, 11) is 0. The van der Waals surface area contributed by atoms with E-state index in [0.29, 0.717) is 19.2 Å². The molecule has 0 aliphatic carbocycles. The Labute approximate surface area is 169 Å². The largest absolute Gasteiger partial charge is 0.385 e. The zero-order valence-electron chi connectivity index (χ0n) is 14.5. The van der Waals surface area contributed by atoms with Crippen LogP contribution in [0.3, 0.4) is 0 Å². The summed E-state index contributed by atoms with van der Waals surface area (Å²) in [6, 6.07) is 12.7. The smallest absolute Gasteiger partial charge is 0.121 e. The van der Waals surface area contributed by atoms with Gasteiger partial charge in [0.2, 0.25) is 0 Å². The molecule has 1 aliphatic heterocycles. The number of nitrogens with zero attached hydrogens (tertiary/aromatic N) is 1. The van der Waals surface area contributed by atoms with E-state index < -0.39 is 6.10 Å². The average molecular weight is 483 g/mol. The maximum Gasteiger partial charge on any atom is 0.121 e. The van der Waals surface area contributed by atoms with Gasteiger partial charge in [-0.1, -0.05) is 31.9 Å². The van der Waals surface area contributed by atoms with Gasteiger partial charge in [0.25, 0.3) is 0 Å². The van der Waals surface area contributed by atoms with Gasteiger partial charge in [-0.05, 0) is 49.2 Å². The lowest BCUT2D eigenvalue weighted by molar-refractivity contribution is -0.666. The normalized spacial score (nSPS) is 18.8. The highest BCUT2D eigenvalue weighted by Crippen LogP contribution is 2.33. The number of quaternary nitrogens is 1. The molecule has 4 rings (SSSR count). The van der Waals surface area contributed by atoms with Crippen molar-refractivity contribution in [2.24, 2.45) is 0 Å². The number of hydrogen-bond acceptors (Lipinski definition) is 2. The van der Waals surface area contributed by atoms with Gasteiger partial charge in [0.05, 0.1) is 6.54 Å². The van der Waals surface area contributed by atoms with Crippen LogP contribution in [0.5, 0.6) is 0 Å². The quantitative estimate of drug-likeness (QED) is 0.565. The van der Waals surface area contributed by atoms with E-state index in [1.165, 1.54) is 10.8 Å². The second-order valence-corrected chi connectivity index (χ2v) is 8.81. The van der Waals surface area contributed by atoms with Crippen LogP contribution in [0, 0.1) is 0 Å². The summed E-state index contributed by atoms with van der Waals surface area (Å²) in [6.45, 7) is 3.09. The fourth-order valence-corrected chi connectivity index (χ4v) is 4.56. The van der Waals surface area contributed by atoms with Crippen molar-refractivity contribution in [2.75, 3.05) is 19.7 Å². The van der Waals surface area contributed by atoms with Crippen LogP contribution in [0.1, 0.15) is 12.8 Å². The lowest BCUT2D eigenvalue weighted by atomic mass is 10.2. The molecule has 1 aliphatic rings. The molecule has 1 fully saturated rings. The van der Waals surface area contributed by atoms with Crippen LogP contribution in [0.2, 0.25) is 0 Å². The number of rotatable bonds is 6. The first-order valence-electron chi connectivity index (χ1n) is 9.10. The Morgan fingerprint density at radius 1 is 1.12 bits per heavy atom.